The van der Waals surface area contributed by atoms with Crippen molar-refractivity contribution in [2.24, 2.45) is 0 Å². The van der Waals surface area contributed by atoms with Crippen molar-refractivity contribution in [3.63, 3.8) is 0 Å². The van der Waals surface area contributed by atoms with Gasteiger partial charge in [-0.1, -0.05) is 12.1 Å². The highest BCUT2D eigenvalue weighted by Crippen LogP contribution is 2.30. The summed E-state index contributed by atoms with van der Waals surface area (Å²) >= 11 is 0. The smallest absolute Gasteiger partial charge is 0.264 e. The maximum absolute atomic E-state index is 11.9. The number of amides is 1. The van der Waals surface area contributed by atoms with Gasteiger partial charge in [0, 0.05) is 12.6 Å². The number of hydrogen-bond donors (Lipinski definition) is 2. The molecule has 2 atom stereocenters. The van der Waals surface area contributed by atoms with Crippen molar-refractivity contribution in [3.05, 3.63) is 24.3 Å². The molecule has 1 aromatic carbocycles. The maximum atomic E-state index is 11.9. The molecule has 0 aromatic heterocycles. The number of halogens is 1. The van der Waals surface area contributed by atoms with Crippen LogP contribution in [0.2, 0.25) is 0 Å². The van der Waals surface area contributed by atoms with Crippen LogP contribution in [0, 0.1) is 0 Å². The molecule has 106 valence electrons. The van der Waals surface area contributed by atoms with Gasteiger partial charge in [-0.3, -0.25) is 4.79 Å². The Morgan fingerprint density at radius 3 is 2.79 bits per heavy atom. The third-order valence-electron chi connectivity index (χ3n) is 2.88. The van der Waals surface area contributed by atoms with Crippen LogP contribution in [0.4, 0.5) is 0 Å². The largest absolute Gasteiger partial charge is 0.485 e. The summed E-state index contributed by atoms with van der Waals surface area (Å²) in [6.45, 7) is 2.81. The molecule has 1 amide bonds. The fourth-order valence-electron chi connectivity index (χ4n) is 1.62. The average molecular weight is 287 g/mol. The van der Waals surface area contributed by atoms with Crippen molar-refractivity contribution in [1.82, 2.24) is 10.6 Å². The number of rotatable bonds is 4. The molecule has 2 unspecified atom stereocenters. The van der Waals surface area contributed by atoms with Gasteiger partial charge in [-0.2, -0.15) is 0 Å². The summed E-state index contributed by atoms with van der Waals surface area (Å²) in [5.74, 6) is 1.15. The lowest BCUT2D eigenvalue weighted by Gasteiger charge is -2.26. The van der Waals surface area contributed by atoms with Gasteiger partial charge in [-0.25, -0.2) is 0 Å². The van der Waals surface area contributed by atoms with Crippen LogP contribution in [0.15, 0.2) is 24.3 Å². The van der Waals surface area contributed by atoms with Crippen molar-refractivity contribution in [1.29, 1.82) is 0 Å². The van der Waals surface area contributed by atoms with E-state index in [1.54, 1.807) is 6.07 Å². The van der Waals surface area contributed by atoms with Crippen molar-refractivity contribution in [2.45, 2.75) is 19.1 Å². The number of ether oxygens (including phenoxy) is 2. The van der Waals surface area contributed by atoms with Crippen LogP contribution in [0.25, 0.3) is 0 Å². The van der Waals surface area contributed by atoms with Crippen LogP contribution < -0.4 is 20.1 Å². The van der Waals surface area contributed by atoms with Gasteiger partial charge in [0.25, 0.3) is 5.91 Å². The lowest BCUT2D eigenvalue weighted by atomic mass is 10.2. The second kappa shape index (κ2) is 7.21. The summed E-state index contributed by atoms with van der Waals surface area (Å²) in [5.41, 5.74) is 0. The van der Waals surface area contributed by atoms with Gasteiger partial charge in [0.05, 0.1) is 0 Å². The minimum Gasteiger partial charge on any atom is -0.485 e. The predicted octanol–water partition coefficient (Wildman–Crippen LogP) is 0.972. The molecule has 0 bridgehead atoms. The molecular weight excluding hydrogens is 268 g/mol. The Bertz CT molecular complexity index is 428. The number of nitrogens with one attached hydrogen (secondary N) is 2. The molecule has 0 radical (unpaired) electrons. The summed E-state index contributed by atoms with van der Waals surface area (Å²) < 4.78 is 11.1. The van der Waals surface area contributed by atoms with Crippen molar-refractivity contribution >= 4 is 18.3 Å². The van der Waals surface area contributed by atoms with E-state index in [9.17, 15) is 4.79 Å². The highest BCUT2D eigenvalue weighted by atomic mass is 35.5. The molecule has 1 heterocycles. The predicted molar refractivity (Wildman–Crippen MR) is 75.1 cm³/mol. The maximum Gasteiger partial charge on any atom is 0.264 e. The third kappa shape index (κ3) is 4.01. The minimum atomic E-state index is -0.580. The Morgan fingerprint density at radius 1 is 1.42 bits per heavy atom. The minimum absolute atomic E-state index is 0. The summed E-state index contributed by atoms with van der Waals surface area (Å²) in [6.07, 6.45) is -0.580. The first-order chi connectivity index (χ1) is 8.70. The van der Waals surface area contributed by atoms with Crippen molar-refractivity contribution in [3.8, 4) is 11.5 Å². The SMILES string of the molecule is CNC(C)CNC(=O)C1COc2ccccc2O1.Cl. The van der Waals surface area contributed by atoms with Gasteiger partial charge in [0.1, 0.15) is 6.61 Å². The highest BCUT2D eigenvalue weighted by Gasteiger charge is 2.27. The number of likely N-dealkylation sites (N-methyl/N-ethyl adjacent to an activating group) is 1. The van der Waals surface area contributed by atoms with Gasteiger partial charge in [-0.15, -0.1) is 12.4 Å². The number of hydrogen-bond acceptors (Lipinski definition) is 4. The second-order valence-electron chi connectivity index (χ2n) is 4.30. The number of carbonyl (C=O) groups is 1. The zero-order chi connectivity index (χ0) is 13.0. The van der Waals surface area contributed by atoms with Crippen LogP contribution >= 0.6 is 12.4 Å². The van der Waals surface area contributed by atoms with Gasteiger partial charge in [-0.05, 0) is 26.1 Å². The van der Waals surface area contributed by atoms with Crippen LogP contribution in [0.3, 0.4) is 0 Å². The van der Waals surface area contributed by atoms with Gasteiger partial charge >= 0.3 is 0 Å². The van der Waals surface area contributed by atoms with E-state index in [1.807, 2.05) is 32.2 Å². The van der Waals surface area contributed by atoms with E-state index in [1.165, 1.54) is 0 Å². The molecule has 2 N–H and O–H groups in total. The number of carbonyl (C=O) groups excluding carboxylic acids is 1. The van der Waals surface area contributed by atoms with Gasteiger partial charge in [0.2, 0.25) is 6.10 Å². The van der Waals surface area contributed by atoms with E-state index in [2.05, 4.69) is 10.6 Å². The van der Waals surface area contributed by atoms with E-state index < -0.39 is 6.10 Å². The Labute approximate surface area is 119 Å². The molecule has 0 aliphatic carbocycles. The molecule has 1 aromatic rings. The second-order valence-corrected chi connectivity index (χ2v) is 4.30. The number of fused-ring (bicyclic) bond motifs is 1. The molecule has 0 saturated heterocycles. The summed E-state index contributed by atoms with van der Waals surface area (Å²) in [5, 5.41) is 5.88. The van der Waals surface area contributed by atoms with E-state index in [0.717, 1.165) is 0 Å². The molecule has 0 saturated carbocycles. The molecule has 1 aliphatic heterocycles. The number of benzene rings is 1. The fraction of sp³-hybridized carbons (Fsp3) is 0.462. The van der Waals surface area contributed by atoms with E-state index in [-0.39, 0.29) is 31.0 Å². The molecule has 19 heavy (non-hydrogen) atoms. The molecule has 1 aliphatic rings. The summed E-state index contributed by atoms with van der Waals surface area (Å²) in [4.78, 5) is 11.9. The van der Waals surface area contributed by atoms with Crippen LogP contribution in [0.5, 0.6) is 11.5 Å². The van der Waals surface area contributed by atoms with Gasteiger partial charge < -0.3 is 20.1 Å². The van der Waals surface area contributed by atoms with E-state index in [0.29, 0.717) is 18.0 Å². The first kappa shape index (κ1) is 15.6. The zero-order valence-corrected chi connectivity index (χ0v) is 11.8. The molecule has 2 rings (SSSR count). The van der Waals surface area contributed by atoms with Crippen LogP contribution in [0.1, 0.15) is 6.92 Å². The van der Waals surface area contributed by atoms with Crippen molar-refractivity contribution < 1.29 is 14.3 Å². The van der Waals surface area contributed by atoms with E-state index >= 15 is 0 Å². The van der Waals surface area contributed by atoms with Crippen LogP contribution in [-0.2, 0) is 4.79 Å². The Balaban J connectivity index is 0.00000180. The normalized spacial score (nSPS) is 18.1. The molecular formula is C13H19ClN2O3. The molecule has 5 nitrogen and oxygen atoms in total. The quantitative estimate of drug-likeness (QED) is 0.866. The summed E-state index contributed by atoms with van der Waals surface area (Å²) in [6, 6.07) is 7.58. The number of para-hydroxylation sites is 2. The molecule has 0 fully saturated rings. The summed E-state index contributed by atoms with van der Waals surface area (Å²) in [7, 11) is 1.85. The lowest BCUT2D eigenvalue weighted by Crippen LogP contribution is -2.47. The fourth-order valence-corrected chi connectivity index (χ4v) is 1.62. The Hall–Kier alpha value is -1.46. The Morgan fingerprint density at radius 2 is 2.11 bits per heavy atom. The van der Waals surface area contributed by atoms with Crippen molar-refractivity contribution in [2.75, 3.05) is 20.2 Å². The monoisotopic (exact) mass is 286 g/mol. The molecule has 0 spiro atoms. The third-order valence-corrected chi connectivity index (χ3v) is 2.88. The standard InChI is InChI=1S/C13H18N2O3.ClH/c1-9(14-2)7-15-13(16)12-8-17-10-5-3-4-6-11(10)18-12;/h3-6,9,12,14H,7-8H2,1-2H3,(H,15,16);1H. The van der Waals surface area contributed by atoms with E-state index in [4.69, 9.17) is 9.47 Å². The Kier molecular flexibility index (Phi) is 5.92. The van der Waals surface area contributed by atoms with Gasteiger partial charge in [0.15, 0.2) is 11.5 Å². The topological polar surface area (TPSA) is 59.6 Å². The van der Waals surface area contributed by atoms with Crippen LogP contribution in [-0.4, -0.2) is 38.3 Å². The molecule has 6 heteroatoms. The highest BCUT2D eigenvalue weighted by molar-refractivity contribution is 5.85. The average Bonchev–Trinajstić information content (AvgIpc) is 2.43. The first-order valence-electron chi connectivity index (χ1n) is 6.04. The zero-order valence-electron chi connectivity index (χ0n) is 11.0. The lowest BCUT2D eigenvalue weighted by molar-refractivity contribution is -0.130. The first-order valence-corrected chi connectivity index (χ1v) is 6.04.